The molecule has 12 heavy (non-hydrogen) atoms. The van der Waals surface area contributed by atoms with E-state index in [0.29, 0.717) is 6.04 Å². The highest BCUT2D eigenvalue weighted by Crippen LogP contribution is 2.08. The molecule has 1 rings (SSSR count). The van der Waals surface area contributed by atoms with Gasteiger partial charge in [0.15, 0.2) is 0 Å². The van der Waals surface area contributed by atoms with Crippen molar-refractivity contribution in [2.75, 3.05) is 19.6 Å². The topological polar surface area (TPSA) is 15.3 Å². The molecule has 1 aliphatic rings. The third-order valence-corrected chi connectivity index (χ3v) is 2.11. The predicted octanol–water partition coefficient (Wildman–Crippen LogP) is 1.59. The van der Waals surface area contributed by atoms with Crippen LogP contribution >= 0.6 is 0 Å². The fraction of sp³-hybridized carbons (Fsp3) is 0.800. The zero-order chi connectivity index (χ0) is 8.97. The molecule has 0 aromatic heterocycles. The van der Waals surface area contributed by atoms with Crippen LogP contribution in [-0.2, 0) is 0 Å². The van der Waals surface area contributed by atoms with Crippen LogP contribution in [0.4, 0.5) is 0 Å². The van der Waals surface area contributed by atoms with E-state index in [1.807, 2.05) is 0 Å². The summed E-state index contributed by atoms with van der Waals surface area (Å²) in [5.74, 6) is 0. The Hall–Kier alpha value is -0.500. The van der Waals surface area contributed by atoms with Crippen molar-refractivity contribution < 1.29 is 0 Å². The number of nitrogens with zero attached hydrogens (tertiary/aromatic N) is 1. The summed E-state index contributed by atoms with van der Waals surface area (Å²) in [5.41, 5.74) is 1.16. The molecule has 0 spiro atoms. The Balaban J connectivity index is 2.16. The third kappa shape index (κ3) is 3.26. The number of hydrogen-bond donors (Lipinski definition) is 1. The van der Waals surface area contributed by atoms with Crippen molar-refractivity contribution in [3.63, 3.8) is 0 Å². The van der Waals surface area contributed by atoms with Crippen molar-refractivity contribution in [2.24, 2.45) is 0 Å². The van der Waals surface area contributed by atoms with Gasteiger partial charge in [0.25, 0.3) is 0 Å². The van der Waals surface area contributed by atoms with Crippen LogP contribution < -0.4 is 5.32 Å². The molecule has 2 nitrogen and oxygen atoms in total. The molecule has 0 bridgehead atoms. The maximum absolute atomic E-state index is 4.01. The Morgan fingerprint density at radius 3 is 2.50 bits per heavy atom. The summed E-state index contributed by atoms with van der Waals surface area (Å²) >= 11 is 0. The van der Waals surface area contributed by atoms with Gasteiger partial charge < -0.3 is 5.32 Å². The molecule has 1 aliphatic heterocycles. The molecule has 1 heterocycles. The molecule has 1 fully saturated rings. The molecule has 2 heteroatoms. The molecular weight excluding hydrogens is 148 g/mol. The highest BCUT2D eigenvalue weighted by atomic mass is 15.2. The summed E-state index contributed by atoms with van der Waals surface area (Å²) in [4.78, 5) is 2.46. The van der Waals surface area contributed by atoms with Gasteiger partial charge in [-0.15, -0.1) is 0 Å². The first-order valence-corrected chi connectivity index (χ1v) is 4.85. The van der Waals surface area contributed by atoms with Gasteiger partial charge in [0, 0.05) is 18.3 Å². The smallest absolute Gasteiger partial charge is 0.0375 e. The van der Waals surface area contributed by atoms with Crippen molar-refractivity contribution in [1.29, 1.82) is 0 Å². The van der Waals surface area contributed by atoms with Gasteiger partial charge >= 0.3 is 0 Å². The lowest BCUT2D eigenvalue weighted by atomic mass is 10.3. The molecule has 1 N–H and O–H groups in total. The van der Waals surface area contributed by atoms with E-state index in [1.54, 1.807) is 0 Å². The van der Waals surface area contributed by atoms with Crippen LogP contribution in [0.3, 0.4) is 0 Å². The van der Waals surface area contributed by atoms with E-state index in [1.165, 1.54) is 25.9 Å². The van der Waals surface area contributed by atoms with Crippen LogP contribution in [0.1, 0.15) is 26.7 Å². The first-order valence-electron chi connectivity index (χ1n) is 4.85. The normalized spacial score (nSPS) is 18.6. The van der Waals surface area contributed by atoms with Crippen molar-refractivity contribution in [1.82, 2.24) is 10.2 Å². The highest BCUT2D eigenvalue weighted by Gasteiger charge is 2.11. The summed E-state index contributed by atoms with van der Waals surface area (Å²) < 4.78 is 0. The maximum atomic E-state index is 4.01. The van der Waals surface area contributed by atoms with Crippen LogP contribution in [0, 0.1) is 0 Å². The molecule has 0 amide bonds. The van der Waals surface area contributed by atoms with Crippen LogP contribution in [0.25, 0.3) is 0 Å². The Kier molecular flexibility index (Phi) is 3.60. The Morgan fingerprint density at radius 2 is 2.00 bits per heavy atom. The minimum absolute atomic E-state index is 0.514. The summed E-state index contributed by atoms with van der Waals surface area (Å²) in [6.45, 7) is 11.8. The number of likely N-dealkylation sites (tertiary alicyclic amines) is 1. The molecule has 0 atom stereocenters. The second kappa shape index (κ2) is 4.51. The highest BCUT2D eigenvalue weighted by molar-refractivity contribution is 4.96. The first-order chi connectivity index (χ1) is 5.68. The lowest BCUT2D eigenvalue weighted by Gasteiger charge is -2.19. The summed E-state index contributed by atoms with van der Waals surface area (Å²) in [6, 6.07) is 0.514. The van der Waals surface area contributed by atoms with Crippen LogP contribution in [0.5, 0.6) is 0 Å². The summed E-state index contributed by atoms with van der Waals surface area (Å²) in [6.07, 6.45) is 2.71. The van der Waals surface area contributed by atoms with Crippen molar-refractivity contribution >= 4 is 0 Å². The van der Waals surface area contributed by atoms with Crippen molar-refractivity contribution in [3.05, 3.63) is 12.3 Å². The summed E-state index contributed by atoms with van der Waals surface area (Å²) in [7, 11) is 0. The molecule has 0 aromatic carbocycles. The predicted molar refractivity (Wildman–Crippen MR) is 53.1 cm³/mol. The molecular formula is C10H20N2. The fourth-order valence-corrected chi connectivity index (χ4v) is 1.66. The largest absolute Gasteiger partial charge is 0.386 e. The van der Waals surface area contributed by atoms with E-state index in [9.17, 15) is 0 Å². The average Bonchev–Trinajstić information content (AvgIpc) is 2.37. The molecule has 70 valence electrons. The minimum Gasteiger partial charge on any atom is -0.386 e. The van der Waals surface area contributed by atoms with Crippen LogP contribution in [0.15, 0.2) is 12.3 Å². The Labute approximate surface area is 75.6 Å². The maximum Gasteiger partial charge on any atom is 0.0375 e. The lowest BCUT2D eigenvalue weighted by molar-refractivity contribution is 0.357. The molecule has 0 saturated carbocycles. The van der Waals surface area contributed by atoms with Gasteiger partial charge in [-0.25, -0.2) is 0 Å². The van der Waals surface area contributed by atoms with Gasteiger partial charge in [-0.1, -0.05) is 6.58 Å². The average molecular weight is 168 g/mol. The monoisotopic (exact) mass is 168 g/mol. The molecule has 0 aromatic rings. The zero-order valence-electron chi connectivity index (χ0n) is 8.27. The summed E-state index contributed by atoms with van der Waals surface area (Å²) in [5, 5.41) is 3.33. The minimum atomic E-state index is 0.514. The molecule has 0 aliphatic carbocycles. The lowest BCUT2D eigenvalue weighted by Crippen LogP contribution is -2.30. The second-order valence-corrected chi connectivity index (χ2v) is 3.89. The molecule has 0 unspecified atom stereocenters. The zero-order valence-corrected chi connectivity index (χ0v) is 8.27. The fourth-order valence-electron chi connectivity index (χ4n) is 1.66. The van der Waals surface area contributed by atoms with Crippen molar-refractivity contribution in [2.45, 2.75) is 32.7 Å². The van der Waals surface area contributed by atoms with Gasteiger partial charge in [0.05, 0.1) is 0 Å². The standard InChI is InChI=1S/C10H20N2/c1-9(2)11-10(3)8-12-6-4-5-7-12/h9,11H,3-8H2,1-2H3. The van der Waals surface area contributed by atoms with Gasteiger partial charge in [0.2, 0.25) is 0 Å². The van der Waals surface area contributed by atoms with E-state index >= 15 is 0 Å². The van der Waals surface area contributed by atoms with Gasteiger partial charge in [-0.2, -0.15) is 0 Å². The van der Waals surface area contributed by atoms with Crippen LogP contribution in [-0.4, -0.2) is 30.6 Å². The third-order valence-electron chi connectivity index (χ3n) is 2.11. The van der Waals surface area contributed by atoms with E-state index < -0.39 is 0 Å². The van der Waals surface area contributed by atoms with Gasteiger partial charge in [-0.3, -0.25) is 4.90 Å². The Bertz CT molecular complexity index is 146. The van der Waals surface area contributed by atoms with E-state index in [4.69, 9.17) is 0 Å². The van der Waals surface area contributed by atoms with E-state index in [-0.39, 0.29) is 0 Å². The molecule has 1 saturated heterocycles. The molecule has 0 radical (unpaired) electrons. The van der Waals surface area contributed by atoms with Crippen LogP contribution in [0.2, 0.25) is 0 Å². The van der Waals surface area contributed by atoms with E-state index in [2.05, 4.69) is 30.6 Å². The van der Waals surface area contributed by atoms with Crippen molar-refractivity contribution in [3.8, 4) is 0 Å². The first kappa shape index (κ1) is 9.59. The van der Waals surface area contributed by atoms with Gasteiger partial charge in [-0.05, 0) is 39.8 Å². The number of nitrogens with one attached hydrogen (secondary N) is 1. The number of rotatable bonds is 4. The number of hydrogen-bond acceptors (Lipinski definition) is 2. The SMILES string of the molecule is C=C(CN1CCCC1)NC(C)C. The van der Waals surface area contributed by atoms with E-state index in [0.717, 1.165) is 12.2 Å². The van der Waals surface area contributed by atoms with Gasteiger partial charge in [0.1, 0.15) is 0 Å². The Morgan fingerprint density at radius 1 is 1.42 bits per heavy atom. The second-order valence-electron chi connectivity index (χ2n) is 3.89. The quantitative estimate of drug-likeness (QED) is 0.686.